The Hall–Kier alpha value is -3.78. The summed E-state index contributed by atoms with van der Waals surface area (Å²) < 4.78 is 97.2. The van der Waals surface area contributed by atoms with Gasteiger partial charge in [0.05, 0.1) is 13.1 Å². The van der Waals surface area contributed by atoms with E-state index in [0.29, 0.717) is 18.4 Å². The highest BCUT2D eigenvalue weighted by atomic mass is 32.2. The van der Waals surface area contributed by atoms with E-state index in [1.165, 1.54) is 13.1 Å². The highest BCUT2D eigenvalue weighted by Gasteiger charge is 2.35. The van der Waals surface area contributed by atoms with Gasteiger partial charge in [-0.05, 0) is 61.0 Å². The highest BCUT2D eigenvalue weighted by molar-refractivity contribution is 7.97. The van der Waals surface area contributed by atoms with Crippen molar-refractivity contribution < 1.29 is 50.5 Å². The van der Waals surface area contributed by atoms with Gasteiger partial charge < -0.3 is 15.1 Å². The summed E-state index contributed by atoms with van der Waals surface area (Å²) >= 11 is 0.117. The summed E-state index contributed by atoms with van der Waals surface area (Å²) in [6, 6.07) is 10.2. The molecule has 4 rings (SSSR count). The average Bonchev–Trinajstić information content (AvgIpc) is 2.96. The third-order valence-corrected chi connectivity index (χ3v) is 8.09. The maximum absolute atomic E-state index is 14.2. The quantitative estimate of drug-likeness (QED) is 0.112. The second-order valence-electron chi connectivity index (χ2n) is 10.1. The van der Waals surface area contributed by atoms with E-state index in [4.69, 9.17) is 0 Å². The Kier molecular flexibility index (Phi) is 9.60. The fourth-order valence-electron chi connectivity index (χ4n) is 4.77. The third-order valence-electron chi connectivity index (χ3n) is 7.11. The normalized spacial score (nSPS) is 15.1. The SMILES string of the molecule is CN(CC(=O)N(Cc1ccc(C2CCC(F)(F)CC2)cc1)c1ccc(C(=O)O)c(O)c1)Sc1c(F)c(F)c(F)c(F)c1F. The molecule has 0 saturated heterocycles. The van der Waals surface area contributed by atoms with E-state index >= 15 is 0 Å². The van der Waals surface area contributed by atoms with Gasteiger partial charge >= 0.3 is 5.97 Å². The number of rotatable bonds is 9. The molecule has 1 fully saturated rings. The zero-order valence-electron chi connectivity index (χ0n) is 22.5. The number of carboxylic acids is 1. The summed E-state index contributed by atoms with van der Waals surface area (Å²) in [5.41, 5.74) is 1.04. The van der Waals surface area contributed by atoms with Gasteiger partial charge in [-0.1, -0.05) is 24.3 Å². The Morgan fingerprint density at radius 3 is 2.00 bits per heavy atom. The summed E-state index contributed by atoms with van der Waals surface area (Å²) in [6.45, 7) is -0.741. The van der Waals surface area contributed by atoms with Crippen LogP contribution in [0, 0.1) is 29.1 Å². The Labute approximate surface area is 245 Å². The van der Waals surface area contributed by atoms with Gasteiger partial charge in [-0.2, -0.15) is 0 Å². The van der Waals surface area contributed by atoms with Crippen molar-refractivity contribution in [3.63, 3.8) is 0 Å². The number of carbonyl (C=O) groups excluding carboxylic acids is 1. The molecule has 43 heavy (non-hydrogen) atoms. The monoisotopic (exact) mass is 630 g/mol. The average molecular weight is 631 g/mol. The molecular weight excluding hydrogens is 605 g/mol. The molecule has 2 N–H and O–H groups in total. The molecule has 14 heteroatoms. The molecule has 0 spiro atoms. The number of aromatic hydroxyl groups is 1. The number of phenols is 1. The van der Waals surface area contributed by atoms with Gasteiger partial charge in [0.25, 0.3) is 0 Å². The van der Waals surface area contributed by atoms with E-state index in [2.05, 4.69) is 0 Å². The summed E-state index contributed by atoms with van der Waals surface area (Å²) in [6.07, 6.45) is 0.209. The van der Waals surface area contributed by atoms with Crippen LogP contribution in [0.1, 0.15) is 53.1 Å². The molecule has 0 aromatic heterocycles. The summed E-state index contributed by atoms with van der Waals surface area (Å²) in [5, 5.41) is 19.4. The number of aromatic carboxylic acids is 1. The second-order valence-corrected chi connectivity index (χ2v) is 11.3. The molecule has 1 saturated carbocycles. The molecule has 0 radical (unpaired) electrons. The number of alkyl halides is 2. The second kappa shape index (κ2) is 12.8. The van der Waals surface area contributed by atoms with Crippen LogP contribution in [0.15, 0.2) is 47.4 Å². The predicted octanol–water partition coefficient (Wildman–Crippen LogP) is 7.25. The first-order valence-corrected chi connectivity index (χ1v) is 13.7. The Morgan fingerprint density at radius 1 is 0.907 bits per heavy atom. The Bertz CT molecular complexity index is 1500. The molecular formula is C29H25F7N2O4S. The van der Waals surface area contributed by atoms with Crippen LogP contribution in [0.25, 0.3) is 0 Å². The first-order chi connectivity index (χ1) is 20.2. The molecule has 1 aliphatic rings. The van der Waals surface area contributed by atoms with Crippen LogP contribution in [-0.4, -0.2) is 45.9 Å². The van der Waals surface area contributed by atoms with Crippen LogP contribution in [0.3, 0.4) is 0 Å². The van der Waals surface area contributed by atoms with Crippen LogP contribution in [0.2, 0.25) is 0 Å². The number of hydrogen-bond acceptors (Lipinski definition) is 5. The molecule has 0 bridgehead atoms. The predicted molar refractivity (Wildman–Crippen MR) is 144 cm³/mol. The lowest BCUT2D eigenvalue weighted by Gasteiger charge is -2.29. The van der Waals surface area contributed by atoms with Crippen molar-refractivity contribution >= 4 is 29.5 Å². The molecule has 3 aromatic carbocycles. The van der Waals surface area contributed by atoms with Crippen LogP contribution < -0.4 is 4.90 Å². The minimum absolute atomic E-state index is 0.0560. The van der Waals surface area contributed by atoms with Crippen molar-refractivity contribution in [2.45, 2.75) is 49.0 Å². The van der Waals surface area contributed by atoms with Gasteiger partial charge in [-0.15, -0.1) is 0 Å². The van der Waals surface area contributed by atoms with Crippen molar-refractivity contribution in [2.75, 3.05) is 18.5 Å². The van der Waals surface area contributed by atoms with Gasteiger partial charge in [-0.25, -0.2) is 39.8 Å². The molecule has 1 aliphatic carbocycles. The van der Waals surface area contributed by atoms with Crippen LogP contribution in [0.4, 0.5) is 36.4 Å². The lowest BCUT2D eigenvalue weighted by Crippen LogP contribution is -2.37. The lowest BCUT2D eigenvalue weighted by molar-refractivity contribution is -0.118. The van der Waals surface area contributed by atoms with Crippen molar-refractivity contribution in [3.05, 3.63) is 88.2 Å². The molecule has 6 nitrogen and oxygen atoms in total. The van der Waals surface area contributed by atoms with Crippen molar-refractivity contribution in [1.82, 2.24) is 4.31 Å². The smallest absolute Gasteiger partial charge is 0.339 e. The number of anilines is 1. The lowest BCUT2D eigenvalue weighted by atomic mass is 9.82. The van der Waals surface area contributed by atoms with Crippen LogP contribution in [-0.2, 0) is 11.3 Å². The van der Waals surface area contributed by atoms with Gasteiger partial charge in [0.2, 0.25) is 17.6 Å². The number of benzene rings is 3. The first-order valence-electron chi connectivity index (χ1n) is 12.9. The number of hydrogen-bond donors (Lipinski definition) is 2. The van der Waals surface area contributed by atoms with Gasteiger partial charge in [0.1, 0.15) is 16.2 Å². The number of halogens is 7. The Balaban J connectivity index is 1.57. The number of nitrogens with zero attached hydrogens (tertiary/aromatic N) is 2. The molecule has 230 valence electrons. The first kappa shape index (κ1) is 32.1. The molecule has 0 unspecified atom stereocenters. The molecule has 0 heterocycles. The third kappa shape index (κ3) is 7.24. The van der Waals surface area contributed by atoms with E-state index < -0.39 is 69.6 Å². The molecule has 0 atom stereocenters. The van der Waals surface area contributed by atoms with E-state index in [-0.39, 0.29) is 42.9 Å². The fraction of sp³-hybridized carbons (Fsp3) is 0.310. The van der Waals surface area contributed by atoms with Gasteiger partial charge in [-0.3, -0.25) is 4.79 Å². The van der Waals surface area contributed by atoms with Crippen molar-refractivity contribution in [1.29, 1.82) is 0 Å². The fourth-order valence-corrected chi connectivity index (χ4v) is 5.60. The minimum atomic E-state index is -2.68. The largest absolute Gasteiger partial charge is 0.507 e. The summed E-state index contributed by atoms with van der Waals surface area (Å²) in [4.78, 5) is 24.7. The molecule has 0 aliphatic heterocycles. The van der Waals surface area contributed by atoms with E-state index in [0.717, 1.165) is 26.9 Å². The van der Waals surface area contributed by atoms with E-state index in [1.807, 2.05) is 0 Å². The van der Waals surface area contributed by atoms with Crippen LogP contribution in [0.5, 0.6) is 5.75 Å². The topological polar surface area (TPSA) is 81.1 Å². The number of carbonyl (C=O) groups is 2. The van der Waals surface area contributed by atoms with E-state index in [1.54, 1.807) is 24.3 Å². The summed E-state index contributed by atoms with van der Waals surface area (Å²) in [7, 11) is 1.19. The number of carboxylic acid groups (broad SMARTS) is 1. The standard InChI is InChI=1S/C29H25F7N2O4S/c1-37(43-27-25(33)23(31)22(30)24(32)26(27)34)14-21(40)38(18-6-7-19(28(41)42)20(39)12-18)13-15-2-4-16(5-3-15)17-8-10-29(35,36)11-9-17/h2-7,12,17,39H,8-11,13-14H2,1H3,(H,41,42). The van der Waals surface area contributed by atoms with Crippen molar-refractivity contribution in [3.8, 4) is 5.75 Å². The number of amides is 1. The highest BCUT2D eigenvalue weighted by Crippen LogP contribution is 2.41. The Morgan fingerprint density at radius 2 is 1.47 bits per heavy atom. The van der Waals surface area contributed by atoms with Gasteiger partial charge in [0, 0.05) is 24.6 Å². The molecule has 1 amide bonds. The maximum Gasteiger partial charge on any atom is 0.339 e. The zero-order chi connectivity index (χ0) is 31.6. The van der Waals surface area contributed by atoms with E-state index in [9.17, 15) is 50.5 Å². The van der Waals surface area contributed by atoms with Gasteiger partial charge in [0.15, 0.2) is 23.3 Å². The van der Waals surface area contributed by atoms with Crippen LogP contribution >= 0.6 is 11.9 Å². The molecule has 3 aromatic rings. The minimum Gasteiger partial charge on any atom is -0.507 e. The maximum atomic E-state index is 14.2. The summed E-state index contributed by atoms with van der Waals surface area (Å²) in [5.74, 6) is -16.2. The number of likely N-dealkylation sites (N-methyl/N-ethyl adjacent to an activating group) is 1. The zero-order valence-corrected chi connectivity index (χ0v) is 23.3. The van der Waals surface area contributed by atoms with Crippen molar-refractivity contribution in [2.24, 2.45) is 0 Å².